The summed E-state index contributed by atoms with van der Waals surface area (Å²) >= 11 is 0. The molecule has 0 bridgehead atoms. The Morgan fingerprint density at radius 2 is 0.883 bits per heavy atom. The van der Waals surface area contributed by atoms with Crippen molar-refractivity contribution < 1.29 is 47.5 Å². The third-order valence-corrected chi connectivity index (χ3v) is 10.1. The molecule has 0 radical (unpaired) electrons. The van der Waals surface area contributed by atoms with Gasteiger partial charge in [0.05, 0.1) is 13.2 Å². The molecular weight excluding hydrogens is 781 g/mol. The molecule has 0 saturated heterocycles. The minimum absolute atomic E-state index is 0.144. The standard InChI is InChI=1S/C48H80NO10P/c1-3-5-7-9-11-13-15-17-18-19-20-21-22-23-24-25-26-28-30-32-34-36-38-40-47(51)59-44(42-57-60(54,55)58-43-45(49)48(52)53)41-56-46(50)39-37-35-33-31-29-27-16-14-12-10-8-6-4-2/h5-8,11-14,17-18,20-21,27,29,44-45H,3-4,9-10,15-16,19,22-26,28,30-43,49H2,1-2H3,(H,52,53)(H,54,55)/b7-5-,8-6-,13-11-,14-12-,18-17-,21-20-,29-27-. The average Bonchev–Trinajstić information content (AvgIpc) is 3.22. The Balaban J connectivity index is 4.33. The van der Waals surface area contributed by atoms with Crippen LogP contribution in [0.5, 0.6) is 0 Å². The Kier molecular flexibility index (Phi) is 40.0. The molecule has 0 aliphatic heterocycles. The minimum atomic E-state index is -4.73. The van der Waals surface area contributed by atoms with E-state index in [4.69, 9.17) is 24.8 Å². The summed E-state index contributed by atoms with van der Waals surface area (Å²) < 4.78 is 32.7. The Morgan fingerprint density at radius 3 is 1.33 bits per heavy atom. The number of carbonyl (C=O) groups excluding carboxylic acids is 2. The quantitative estimate of drug-likeness (QED) is 0.0231. The largest absolute Gasteiger partial charge is 0.480 e. The summed E-state index contributed by atoms with van der Waals surface area (Å²) in [4.78, 5) is 46.0. The van der Waals surface area contributed by atoms with Gasteiger partial charge in [-0.25, -0.2) is 4.57 Å². The zero-order valence-corrected chi connectivity index (χ0v) is 37.9. The van der Waals surface area contributed by atoms with Crippen LogP contribution in [0.15, 0.2) is 85.1 Å². The van der Waals surface area contributed by atoms with Gasteiger partial charge in [0, 0.05) is 12.8 Å². The van der Waals surface area contributed by atoms with Gasteiger partial charge >= 0.3 is 25.7 Å². The topological polar surface area (TPSA) is 172 Å². The maximum absolute atomic E-state index is 12.7. The Morgan fingerprint density at radius 1 is 0.517 bits per heavy atom. The summed E-state index contributed by atoms with van der Waals surface area (Å²) in [5.41, 5.74) is 5.33. The number of ether oxygens (including phenoxy) is 2. The number of nitrogens with two attached hydrogens (primary N) is 1. The van der Waals surface area contributed by atoms with Crippen molar-refractivity contribution in [3.05, 3.63) is 85.1 Å². The van der Waals surface area contributed by atoms with E-state index in [2.05, 4.69) is 103 Å². The molecule has 0 aliphatic rings. The van der Waals surface area contributed by atoms with Gasteiger partial charge in [0.25, 0.3) is 0 Å². The number of allylic oxidation sites excluding steroid dienone is 14. The van der Waals surface area contributed by atoms with Gasteiger partial charge in [0.1, 0.15) is 12.6 Å². The first-order valence-corrected chi connectivity index (χ1v) is 24.1. The van der Waals surface area contributed by atoms with E-state index in [-0.39, 0.29) is 19.4 Å². The van der Waals surface area contributed by atoms with E-state index >= 15 is 0 Å². The molecule has 4 N–H and O–H groups in total. The molecule has 0 spiro atoms. The molecule has 12 heteroatoms. The maximum Gasteiger partial charge on any atom is 0.472 e. The Bertz CT molecular complexity index is 1340. The third-order valence-electron chi connectivity index (χ3n) is 9.14. The average molecular weight is 862 g/mol. The fourth-order valence-corrected chi connectivity index (χ4v) is 6.44. The van der Waals surface area contributed by atoms with Crippen molar-refractivity contribution in [3.8, 4) is 0 Å². The SMILES string of the molecule is CC/C=C\C/C=C\C/C=C\C/C=C\CCCCCCCCCCCCC(=O)OC(COC(=O)CCCCC/C=C\C/C=C\C/C=C\CC)COP(=O)(O)OCC(N)C(=O)O. The molecular formula is C48H80NO10P. The van der Waals surface area contributed by atoms with Crippen LogP contribution in [0.1, 0.15) is 168 Å². The molecule has 0 aromatic rings. The minimum Gasteiger partial charge on any atom is -0.480 e. The van der Waals surface area contributed by atoms with E-state index in [1.54, 1.807) is 0 Å². The van der Waals surface area contributed by atoms with E-state index in [1.807, 2.05) is 0 Å². The second kappa shape index (κ2) is 42.4. The summed E-state index contributed by atoms with van der Waals surface area (Å²) in [5, 5.41) is 8.89. The number of rotatable bonds is 41. The van der Waals surface area contributed by atoms with Crippen LogP contribution in [0, 0.1) is 0 Å². The van der Waals surface area contributed by atoms with E-state index in [9.17, 15) is 23.8 Å². The molecule has 0 saturated carbocycles. The predicted octanol–water partition coefficient (Wildman–Crippen LogP) is 12.3. The van der Waals surface area contributed by atoms with Gasteiger partial charge in [-0.15, -0.1) is 0 Å². The highest BCUT2D eigenvalue weighted by atomic mass is 31.2. The molecule has 0 aliphatic carbocycles. The lowest BCUT2D eigenvalue weighted by molar-refractivity contribution is -0.161. The van der Waals surface area contributed by atoms with Gasteiger partial charge in [0.2, 0.25) is 0 Å². The number of unbranched alkanes of at least 4 members (excludes halogenated alkanes) is 13. The summed E-state index contributed by atoms with van der Waals surface area (Å²) in [6.07, 6.45) is 52.2. The van der Waals surface area contributed by atoms with Crippen molar-refractivity contribution in [2.75, 3.05) is 19.8 Å². The first kappa shape index (κ1) is 56.7. The van der Waals surface area contributed by atoms with Crippen molar-refractivity contribution in [2.45, 2.75) is 180 Å². The molecule has 0 rings (SSSR count). The van der Waals surface area contributed by atoms with Gasteiger partial charge in [0.15, 0.2) is 6.10 Å². The van der Waals surface area contributed by atoms with Gasteiger partial charge in [-0.05, 0) is 83.5 Å². The number of aliphatic carboxylic acids is 1. The van der Waals surface area contributed by atoms with Gasteiger partial charge in [-0.3, -0.25) is 23.4 Å². The second-order valence-corrected chi connectivity index (χ2v) is 16.2. The molecule has 0 fully saturated rings. The summed E-state index contributed by atoms with van der Waals surface area (Å²) in [5.74, 6) is -2.43. The van der Waals surface area contributed by atoms with Crippen LogP contribution in [-0.2, 0) is 37.5 Å². The smallest absolute Gasteiger partial charge is 0.472 e. The molecule has 0 heterocycles. The number of hydrogen-bond donors (Lipinski definition) is 3. The fraction of sp³-hybridized carbons (Fsp3) is 0.646. The molecule has 342 valence electrons. The summed E-state index contributed by atoms with van der Waals surface area (Å²) in [7, 11) is -4.73. The van der Waals surface area contributed by atoms with Gasteiger partial charge in [-0.2, -0.15) is 0 Å². The van der Waals surface area contributed by atoms with Crippen molar-refractivity contribution in [3.63, 3.8) is 0 Å². The summed E-state index contributed by atoms with van der Waals surface area (Å²) in [6.45, 7) is 2.53. The van der Waals surface area contributed by atoms with Crippen LogP contribution in [0.3, 0.4) is 0 Å². The molecule has 0 aromatic heterocycles. The van der Waals surface area contributed by atoms with Crippen LogP contribution in [-0.4, -0.2) is 59.9 Å². The highest BCUT2D eigenvalue weighted by molar-refractivity contribution is 7.47. The molecule has 0 amide bonds. The Hall–Kier alpha value is -3.34. The number of carboxylic acids is 1. The lowest BCUT2D eigenvalue weighted by atomic mass is 10.0. The van der Waals surface area contributed by atoms with Crippen LogP contribution >= 0.6 is 7.82 Å². The highest BCUT2D eigenvalue weighted by Crippen LogP contribution is 2.43. The number of phosphoric ester groups is 1. The van der Waals surface area contributed by atoms with E-state index in [1.165, 1.54) is 38.5 Å². The predicted molar refractivity (Wildman–Crippen MR) is 244 cm³/mol. The molecule has 11 nitrogen and oxygen atoms in total. The molecule has 60 heavy (non-hydrogen) atoms. The van der Waals surface area contributed by atoms with E-state index in [0.717, 1.165) is 89.9 Å². The normalized spacial score (nSPS) is 14.5. The first-order valence-electron chi connectivity index (χ1n) is 22.6. The van der Waals surface area contributed by atoms with Crippen LogP contribution in [0.2, 0.25) is 0 Å². The van der Waals surface area contributed by atoms with E-state index in [0.29, 0.717) is 12.8 Å². The van der Waals surface area contributed by atoms with Crippen molar-refractivity contribution in [2.24, 2.45) is 5.73 Å². The monoisotopic (exact) mass is 862 g/mol. The lowest BCUT2D eigenvalue weighted by Crippen LogP contribution is -2.34. The zero-order chi connectivity index (χ0) is 44.2. The maximum atomic E-state index is 12.7. The van der Waals surface area contributed by atoms with Crippen molar-refractivity contribution >= 4 is 25.7 Å². The van der Waals surface area contributed by atoms with Gasteiger partial charge in [-0.1, -0.05) is 157 Å². The van der Waals surface area contributed by atoms with Crippen LogP contribution < -0.4 is 5.73 Å². The fourth-order valence-electron chi connectivity index (χ4n) is 5.66. The third kappa shape index (κ3) is 41.4. The highest BCUT2D eigenvalue weighted by Gasteiger charge is 2.28. The summed E-state index contributed by atoms with van der Waals surface area (Å²) in [6, 6.07) is -1.53. The first-order chi connectivity index (χ1) is 29.1. The second-order valence-electron chi connectivity index (χ2n) is 14.8. The molecule has 3 atom stereocenters. The van der Waals surface area contributed by atoms with Crippen LogP contribution in [0.4, 0.5) is 0 Å². The number of phosphoric acid groups is 1. The zero-order valence-electron chi connectivity index (χ0n) is 37.0. The van der Waals surface area contributed by atoms with Gasteiger partial charge < -0.3 is 25.2 Å². The van der Waals surface area contributed by atoms with Crippen molar-refractivity contribution in [1.29, 1.82) is 0 Å². The number of esters is 2. The number of hydrogen-bond acceptors (Lipinski definition) is 9. The molecule has 3 unspecified atom stereocenters. The number of carboxylic acid groups (broad SMARTS) is 1. The van der Waals surface area contributed by atoms with Crippen LogP contribution in [0.25, 0.3) is 0 Å². The van der Waals surface area contributed by atoms with Crippen molar-refractivity contribution in [1.82, 2.24) is 0 Å². The number of carbonyl (C=O) groups is 3. The molecule has 0 aromatic carbocycles. The Labute approximate surface area is 362 Å². The van der Waals surface area contributed by atoms with E-state index < -0.39 is 51.1 Å². The lowest BCUT2D eigenvalue weighted by Gasteiger charge is -2.20.